The van der Waals surface area contributed by atoms with Crippen LogP contribution in [-0.2, 0) is 9.78 Å². The van der Waals surface area contributed by atoms with Crippen molar-refractivity contribution >= 4 is 5.97 Å². The first-order chi connectivity index (χ1) is 9.03. The first kappa shape index (κ1) is 15.1. The van der Waals surface area contributed by atoms with Crippen molar-refractivity contribution in [2.75, 3.05) is 21.3 Å². The third kappa shape index (κ3) is 3.75. The number of benzene rings is 1. The lowest BCUT2D eigenvalue weighted by molar-refractivity contribution is -0.229. The van der Waals surface area contributed by atoms with Gasteiger partial charge >= 0.3 is 5.97 Å². The first-order valence-corrected chi connectivity index (χ1v) is 5.52. The molecule has 6 heteroatoms. The third-order valence-corrected chi connectivity index (χ3v) is 2.21. The maximum atomic E-state index is 11.9. The van der Waals surface area contributed by atoms with E-state index in [0.717, 1.165) is 0 Å². The molecule has 0 amide bonds. The van der Waals surface area contributed by atoms with E-state index < -0.39 is 5.97 Å². The van der Waals surface area contributed by atoms with Crippen LogP contribution in [0.4, 0.5) is 0 Å². The number of hydrogen-bond acceptors (Lipinski definition) is 6. The molecule has 0 aliphatic rings. The molecule has 0 N–H and O–H groups in total. The molecule has 0 heterocycles. The predicted molar refractivity (Wildman–Crippen MR) is 67.2 cm³/mol. The van der Waals surface area contributed by atoms with Gasteiger partial charge < -0.3 is 14.2 Å². The zero-order chi connectivity index (χ0) is 14.4. The highest BCUT2D eigenvalue weighted by Gasteiger charge is 2.20. The van der Waals surface area contributed by atoms with Crippen LogP contribution in [0.25, 0.3) is 0 Å². The molecule has 0 aliphatic carbocycles. The van der Waals surface area contributed by atoms with E-state index in [1.807, 2.05) is 0 Å². The lowest BCUT2D eigenvalue weighted by Crippen LogP contribution is -2.09. The minimum Gasteiger partial charge on any atom is -0.496 e. The van der Waals surface area contributed by atoms with Crippen molar-refractivity contribution in [3.05, 3.63) is 23.8 Å². The Kier molecular flexibility index (Phi) is 5.44. The molecule has 0 aliphatic heterocycles. The van der Waals surface area contributed by atoms with E-state index in [0.29, 0.717) is 23.4 Å². The zero-order valence-electron chi connectivity index (χ0n) is 11.6. The lowest BCUT2D eigenvalue weighted by atomic mass is 10.1. The van der Waals surface area contributed by atoms with Gasteiger partial charge in [-0.2, -0.15) is 4.89 Å². The summed E-state index contributed by atoms with van der Waals surface area (Å²) in [5.41, 5.74) is 0.182. The van der Waals surface area contributed by atoms with Gasteiger partial charge in [-0.15, -0.1) is 0 Å². The van der Waals surface area contributed by atoms with Crippen molar-refractivity contribution in [3.63, 3.8) is 0 Å². The molecular weight excluding hydrogens is 252 g/mol. The highest BCUT2D eigenvalue weighted by atomic mass is 17.2. The minimum absolute atomic E-state index is 0.182. The van der Waals surface area contributed by atoms with Gasteiger partial charge in [-0.3, -0.25) is 4.89 Å². The maximum absolute atomic E-state index is 11.9. The average Bonchev–Trinajstić information content (AvgIpc) is 2.42. The molecule has 1 rings (SSSR count). The van der Waals surface area contributed by atoms with Crippen LogP contribution in [0.5, 0.6) is 17.2 Å². The van der Waals surface area contributed by atoms with Crippen LogP contribution in [-0.4, -0.2) is 27.3 Å². The average molecular weight is 269 g/mol. The van der Waals surface area contributed by atoms with Gasteiger partial charge in [0.2, 0.25) is 0 Å². The molecule has 0 atom stereocenters. The van der Waals surface area contributed by atoms with Crippen LogP contribution in [0.3, 0.4) is 0 Å². The molecule has 0 bridgehead atoms. The molecule has 0 saturated heterocycles. The van der Waals surface area contributed by atoms with E-state index >= 15 is 0 Å². The van der Waals surface area contributed by atoms with Gasteiger partial charge in [-0.05, 0) is 13.8 Å². The van der Waals surface area contributed by atoms with Gasteiger partial charge in [-0.25, -0.2) is 4.79 Å². The Hall–Kier alpha value is -1.95. The molecule has 0 spiro atoms. The Bertz CT molecular complexity index is 441. The highest BCUT2D eigenvalue weighted by Crippen LogP contribution is 2.35. The van der Waals surface area contributed by atoms with E-state index in [-0.39, 0.29) is 5.56 Å². The molecule has 1 aromatic carbocycles. The Morgan fingerprint density at radius 2 is 1.37 bits per heavy atom. The molecule has 0 unspecified atom stereocenters. The first-order valence-electron chi connectivity index (χ1n) is 5.52. The molecule has 0 saturated carbocycles. The van der Waals surface area contributed by atoms with Gasteiger partial charge in [0.05, 0.1) is 21.3 Å². The normalized spacial score (nSPS) is 10.2. The second-order valence-corrected chi connectivity index (χ2v) is 3.77. The maximum Gasteiger partial charge on any atom is 0.376 e. The standard InChI is InChI=1S/C13H17O6/c1-8(2)18-19-13(14)9-6-11(16-4)12(17-5)7-10(9)15-3/h6-7H,1-5H3. The topological polar surface area (TPSA) is 63.2 Å². The summed E-state index contributed by atoms with van der Waals surface area (Å²) in [5, 5.41) is 0. The number of carbonyl (C=O) groups excluding carboxylic acids is 1. The van der Waals surface area contributed by atoms with Gasteiger partial charge in [0.15, 0.2) is 11.5 Å². The quantitative estimate of drug-likeness (QED) is 0.583. The van der Waals surface area contributed by atoms with E-state index in [9.17, 15) is 4.79 Å². The fourth-order valence-corrected chi connectivity index (χ4v) is 1.35. The van der Waals surface area contributed by atoms with Crippen LogP contribution < -0.4 is 14.2 Å². The molecule has 0 fully saturated rings. The second kappa shape index (κ2) is 6.84. The molecule has 105 valence electrons. The van der Waals surface area contributed by atoms with Gasteiger partial charge in [-0.1, -0.05) is 0 Å². The summed E-state index contributed by atoms with van der Waals surface area (Å²) in [6.45, 7) is 3.33. The Morgan fingerprint density at radius 1 is 0.842 bits per heavy atom. The van der Waals surface area contributed by atoms with E-state index in [2.05, 4.69) is 4.89 Å². The Balaban J connectivity index is 3.07. The van der Waals surface area contributed by atoms with Crippen molar-refractivity contribution in [2.24, 2.45) is 0 Å². The third-order valence-electron chi connectivity index (χ3n) is 2.21. The van der Waals surface area contributed by atoms with Crippen LogP contribution in [0.15, 0.2) is 12.1 Å². The summed E-state index contributed by atoms with van der Waals surface area (Å²) in [7, 11) is 4.41. The fraction of sp³-hybridized carbons (Fsp3) is 0.385. The number of rotatable bonds is 6. The molecule has 0 aromatic heterocycles. The molecule has 6 nitrogen and oxygen atoms in total. The fourth-order valence-electron chi connectivity index (χ4n) is 1.35. The van der Waals surface area contributed by atoms with E-state index in [1.54, 1.807) is 13.8 Å². The second-order valence-electron chi connectivity index (χ2n) is 3.77. The van der Waals surface area contributed by atoms with Crippen LogP contribution >= 0.6 is 0 Å². The van der Waals surface area contributed by atoms with Crippen LogP contribution in [0.1, 0.15) is 24.2 Å². The van der Waals surface area contributed by atoms with Crippen molar-refractivity contribution < 1.29 is 28.8 Å². The summed E-state index contributed by atoms with van der Waals surface area (Å²) < 4.78 is 15.4. The van der Waals surface area contributed by atoms with Crippen molar-refractivity contribution in [1.82, 2.24) is 0 Å². The number of hydrogen-bond donors (Lipinski definition) is 0. The summed E-state index contributed by atoms with van der Waals surface area (Å²) in [4.78, 5) is 21.2. The summed E-state index contributed by atoms with van der Waals surface area (Å²) in [5.74, 6) is 0.474. The van der Waals surface area contributed by atoms with E-state index in [4.69, 9.17) is 19.1 Å². The van der Waals surface area contributed by atoms with E-state index in [1.165, 1.54) is 33.5 Å². The van der Waals surface area contributed by atoms with Crippen molar-refractivity contribution in [1.29, 1.82) is 0 Å². The van der Waals surface area contributed by atoms with Crippen LogP contribution in [0.2, 0.25) is 0 Å². The predicted octanol–water partition coefficient (Wildman–Crippen LogP) is 2.37. The van der Waals surface area contributed by atoms with Crippen molar-refractivity contribution in [3.8, 4) is 17.2 Å². The summed E-state index contributed by atoms with van der Waals surface area (Å²) in [6.07, 6.45) is 0.507. The summed E-state index contributed by atoms with van der Waals surface area (Å²) in [6, 6.07) is 3.01. The Labute approximate surface area is 112 Å². The van der Waals surface area contributed by atoms with Crippen molar-refractivity contribution in [2.45, 2.75) is 13.8 Å². The Morgan fingerprint density at radius 3 is 1.84 bits per heavy atom. The highest BCUT2D eigenvalue weighted by molar-refractivity contribution is 5.93. The number of methoxy groups -OCH3 is 3. The number of ether oxygens (including phenoxy) is 3. The lowest BCUT2D eigenvalue weighted by Gasteiger charge is -2.13. The van der Waals surface area contributed by atoms with Gasteiger partial charge in [0.1, 0.15) is 17.4 Å². The molecule has 1 radical (unpaired) electrons. The summed E-state index contributed by atoms with van der Waals surface area (Å²) >= 11 is 0. The smallest absolute Gasteiger partial charge is 0.376 e. The molecular formula is C13H17O6. The SMILES string of the molecule is COc1cc(OC)c(C(=O)OO[C](C)C)cc1OC. The molecule has 1 aromatic rings. The minimum atomic E-state index is -0.681. The molecule has 19 heavy (non-hydrogen) atoms. The van der Waals surface area contributed by atoms with Gasteiger partial charge in [0, 0.05) is 12.1 Å². The largest absolute Gasteiger partial charge is 0.496 e. The monoisotopic (exact) mass is 269 g/mol. The zero-order valence-corrected chi connectivity index (χ0v) is 11.6. The number of carbonyl (C=O) groups is 1. The van der Waals surface area contributed by atoms with Crippen LogP contribution in [0, 0.1) is 6.10 Å². The van der Waals surface area contributed by atoms with Gasteiger partial charge in [0.25, 0.3) is 0 Å².